The number of nitrogens with one attached hydrogen (secondary N) is 3. The second kappa shape index (κ2) is 24.1. The second-order valence-electron chi connectivity index (χ2n) is 12.2. The van der Waals surface area contributed by atoms with E-state index < -0.39 is 0 Å². The number of guanidine groups is 1. The summed E-state index contributed by atoms with van der Waals surface area (Å²) in [4.78, 5) is 40.5. The molecule has 2 aromatic carbocycles. The third kappa shape index (κ3) is 15.9. The summed E-state index contributed by atoms with van der Waals surface area (Å²) in [7, 11) is 0. The highest BCUT2D eigenvalue weighted by molar-refractivity contribution is 6.31. The van der Waals surface area contributed by atoms with Gasteiger partial charge in [0.25, 0.3) is 5.95 Å². The monoisotopic (exact) mass is 772 g/mol. The summed E-state index contributed by atoms with van der Waals surface area (Å²) in [5.41, 5.74) is 14.6. The first-order chi connectivity index (χ1) is 26.3. The normalized spacial score (nSPS) is 13.2. The zero-order chi connectivity index (χ0) is 38.4. The molecule has 0 spiro atoms. The van der Waals surface area contributed by atoms with Gasteiger partial charge in [0.2, 0.25) is 5.91 Å². The van der Waals surface area contributed by atoms with Crippen molar-refractivity contribution in [3.8, 4) is 11.3 Å². The number of carbonyl (C=O) groups is 2. The summed E-state index contributed by atoms with van der Waals surface area (Å²) in [5.74, 6) is 0.00557. The zero-order valence-corrected chi connectivity index (χ0v) is 31.7. The number of hydrogen-bond donors (Lipinski definition) is 5. The Labute approximate surface area is 321 Å². The number of aliphatic imine (C=N–C) groups is 1. The highest BCUT2D eigenvalue weighted by Gasteiger charge is 2.18. The number of rotatable bonds is 24. The van der Waals surface area contributed by atoms with Crippen LogP contribution in [0.1, 0.15) is 6.92 Å². The van der Waals surface area contributed by atoms with Crippen LogP contribution in [0.5, 0.6) is 0 Å². The van der Waals surface area contributed by atoms with Crippen molar-refractivity contribution in [3.05, 3.63) is 47.5 Å². The molecule has 4 rings (SSSR count). The van der Waals surface area contributed by atoms with Crippen LogP contribution >= 0.6 is 11.6 Å². The molecule has 3 amide bonds. The fraction of sp³-hybridized carbons (Fsp3) is 0.528. The molecule has 1 saturated heterocycles. The number of nitrogens with two attached hydrogens (primary N) is 2. The van der Waals surface area contributed by atoms with E-state index in [-0.39, 0.29) is 23.8 Å². The van der Waals surface area contributed by atoms with Crippen molar-refractivity contribution in [2.24, 2.45) is 16.5 Å². The number of amides is 3. The smallest absolute Gasteiger partial charge is 0.314 e. The number of piperazine rings is 1. The van der Waals surface area contributed by atoms with E-state index in [1.807, 2.05) is 24.3 Å². The molecule has 0 saturated carbocycles. The van der Waals surface area contributed by atoms with E-state index in [2.05, 4.69) is 52.8 Å². The van der Waals surface area contributed by atoms with Crippen molar-refractivity contribution < 1.29 is 33.3 Å². The Morgan fingerprint density at radius 3 is 1.87 bits per heavy atom. The predicted molar refractivity (Wildman–Crippen MR) is 208 cm³/mol. The van der Waals surface area contributed by atoms with Crippen LogP contribution in [-0.4, -0.2) is 151 Å². The Balaban J connectivity index is 0.978. The number of carbonyl (C=O) groups excluding carboxylic acids is 2. The Kier molecular flexibility index (Phi) is 18.9. The summed E-state index contributed by atoms with van der Waals surface area (Å²) in [6, 6.07) is 13.5. The minimum absolute atomic E-state index is 0.0854. The molecule has 0 atom stereocenters. The maximum Gasteiger partial charge on any atom is 0.314 e. The summed E-state index contributed by atoms with van der Waals surface area (Å²) in [5, 5.41) is 9.50. The summed E-state index contributed by atoms with van der Waals surface area (Å²) >= 11 is 6.29. The molecule has 7 N–H and O–H groups in total. The van der Waals surface area contributed by atoms with E-state index in [0.717, 1.165) is 49.4 Å². The first-order valence-electron chi connectivity index (χ1n) is 18.1. The Hall–Kier alpha value is -4.36. The third-order valence-electron chi connectivity index (χ3n) is 8.11. The van der Waals surface area contributed by atoms with Crippen molar-refractivity contribution in [1.82, 2.24) is 30.8 Å². The molecule has 3 aromatic rings. The van der Waals surface area contributed by atoms with Gasteiger partial charge in [-0.2, -0.15) is 4.99 Å². The van der Waals surface area contributed by atoms with Crippen LogP contribution in [0, 0.1) is 0 Å². The fourth-order valence-corrected chi connectivity index (χ4v) is 5.60. The van der Waals surface area contributed by atoms with Crippen molar-refractivity contribution in [2.75, 3.05) is 123 Å². The topological polar surface area (TPSA) is 213 Å². The van der Waals surface area contributed by atoms with Crippen LogP contribution in [0.15, 0.2) is 47.5 Å². The van der Waals surface area contributed by atoms with Crippen LogP contribution in [0.2, 0.25) is 5.02 Å². The van der Waals surface area contributed by atoms with Crippen molar-refractivity contribution in [3.63, 3.8) is 0 Å². The quantitative estimate of drug-likeness (QED) is 0.0497. The van der Waals surface area contributed by atoms with Crippen molar-refractivity contribution in [1.29, 1.82) is 0 Å². The first kappa shape index (κ1) is 42.4. The average molecular weight is 773 g/mol. The minimum Gasteiger partial charge on any atom is -0.378 e. The fourth-order valence-electron chi connectivity index (χ4n) is 5.43. The predicted octanol–water partition coefficient (Wildman–Crippen LogP) is 1.50. The number of aromatic nitrogens is 2. The lowest BCUT2D eigenvalue weighted by Gasteiger charge is -2.36. The molecule has 17 nitrogen and oxygen atoms in total. The van der Waals surface area contributed by atoms with Gasteiger partial charge in [-0.25, -0.2) is 14.8 Å². The Morgan fingerprint density at radius 1 is 0.741 bits per heavy atom. The lowest BCUT2D eigenvalue weighted by atomic mass is 10.1. The molecule has 1 fully saturated rings. The molecule has 54 heavy (non-hydrogen) atoms. The maximum atomic E-state index is 11.8. The van der Waals surface area contributed by atoms with Gasteiger partial charge in [-0.3, -0.25) is 9.69 Å². The average Bonchev–Trinajstić information content (AvgIpc) is 3.16. The molecular weight excluding hydrogens is 720 g/mol. The molecule has 0 bridgehead atoms. The van der Waals surface area contributed by atoms with Crippen LogP contribution in [0.3, 0.4) is 0 Å². The number of anilines is 1. The van der Waals surface area contributed by atoms with E-state index in [0.29, 0.717) is 102 Å². The van der Waals surface area contributed by atoms with Gasteiger partial charge in [0.1, 0.15) is 0 Å². The number of urea groups is 1. The number of hydrogen-bond acceptors (Lipinski definition) is 12. The third-order valence-corrected chi connectivity index (χ3v) is 8.34. The SMILES string of the molecule is CC(=O)NCCOCCOCCNC(=O)NCCOCCOCCOCCN1CCN(c2ccc(-c3nc(N=C(N)N)nc4ccc(Cl)cc34)cc2)CC1. The zero-order valence-electron chi connectivity index (χ0n) is 30.9. The molecule has 1 aliphatic rings. The van der Waals surface area contributed by atoms with E-state index >= 15 is 0 Å². The van der Waals surface area contributed by atoms with E-state index in [1.54, 1.807) is 6.07 Å². The maximum absolute atomic E-state index is 11.8. The van der Waals surface area contributed by atoms with Crippen molar-refractivity contribution in [2.45, 2.75) is 6.92 Å². The van der Waals surface area contributed by atoms with E-state index in [1.165, 1.54) is 6.92 Å². The lowest BCUT2D eigenvalue weighted by Crippen LogP contribution is -2.47. The van der Waals surface area contributed by atoms with Gasteiger partial charge < -0.3 is 56.0 Å². The Morgan fingerprint density at radius 2 is 1.30 bits per heavy atom. The van der Waals surface area contributed by atoms with Crippen LogP contribution in [0.25, 0.3) is 22.2 Å². The number of nitrogens with zero attached hydrogens (tertiary/aromatic N) is 5. The number of ether oxygens (including phenoxy) is 5. The van der Waals surface area contributed by atoms with Gasteiger partial charge in [0.15, 0.2) is 5.96 Å². The molecule has 2 heterocycles. The number of fused-ring (bicyclic) bond motifs is 1. The largest absolute Gasteiger partial charge is 0.378 e. The van der Waals surface area contributed by atoms with Gasteiger partial charge in [-0.1, -0.05) is 23.7 Å². The number of halogens is 1. The molecule has 1 aromatic heterocycles. The minimum atomic E-state index is -0.281. The molecule has 18 heteroatoms. The van der Waals surface area contributed by atoms with Crippen LogP contribution in [-0.2, 0) is 28.5 Å². The van der Waals surface area contributed by atoms with Crippen LogP contribution in [0.4, 0.5) is 16.4 Å². The van der Waals surface area contributed by atoms with Gasteiger partial charge in [0.05, 0.1) is 77.3 Å². The summed E-state index contributed by atoms with van der Waals surface area (Å²) in [6.07, 6.45) is 0. The van der Waals surface area contributed by atoms with Crippen LogP contribution < -0.4 is 32.3 Å². The van der Waals surface area contributed by atoms with Crippen molar-refractivity contribution >= 4 is 52.0 Å². The molecule has 296 valence electrons. The second-order valence-corrected chi connectivity index (χ2v) is 12.6. The molecule has 1 aliphatic heterocycles. The highest BCUT2D eigenvalue weighted by atomic mass is 35.5. The standard InChI is InChI=1S/C36H53ClN10O7/c1-27(48)40-8-16-50-20-21-51-17-9-41-36(49)42-10-18-52-22-24-54-25-23-53-19-15-46-11-13-47(14-12-46)30-5-2-28(3-6-30)33-31-26-29(37)4-7-32(31)43-35(44-33)45-34(38)39/h2-7,26H,8-25H2,1H3,(H,40,48)(H2,41,42,49)(H4,38,39,43,44,45). The molecule has 0 aliphatic carbocycles. The van der Waals surface area contributed by atoms with E-state index in [9.17, 15) is 9.59 Å². The Bertz CT molecular complexity index is 1610. The molecule has 0 unspecified atom stereocenters. The van der Waals surface area contributed by atoms with Gasteiger partial charge in [-0.05, 0) is 30.3 Å². The summed E-state index contributed by atoms with van der Waals surface area (Å²) in [6.45, 7) is 11.9. The highest BCUT2D eigenvalue weighted by Crippen LogP contribution is 2.31. The van der Waals surface area contributed by atoms with E-state index in [4.69, 9.17) is 46.8 Å². The number of benzene rings is 2. The summed E-state index contributed by atoms with van der Waals surface area (Å²) < 4.78 is 27.6. The van der Waals surface area contributed by atoms with Gasteiger partial charge in [-0.15, -0.1) is 0 Å². The van der Waals surface area contributed by atoms with Gasteiger partial charge in [0, 0.05) is 80.9 Å². The molecular formula is C36H53ClN10O7. The lowest BCUT2D eigenvalue weighted by molar-refractivity contribution is -0.119. The molecule has 0 radical (unpaired) electrons. The first-order valence-corrected chi connectivity index (χ1v) is 18.5. The van der Waals surface area contributed by atoms with Gasteiger partial charge >= 0.3 is 6.03 Å².